The zero-order chi connectivity index (χ0) is 20.3. The molecule has 4 aromatic carbocycles. The Kier molecular flexibility index (Phi) is 13.3. The maximum Gasteiger partial charge on any atom is 2.00 e. The van der Waals surface area contributed by atoms with Gasteiger partial charge in [-0.2, -0.15) is 144 Å². The molecule has 4 rings (SSSR count). The normalized spacial score (nSPS) is 10.7. The molecule has 4 aromatic rings. The summed E-state index contributed by atoms with van der Waals surface area (Å²) in [5.41, 5.74) is 4.43. The molecule has 0 heterocycles. The van der Waals surface area contributed by atoms with E-state index in [0.717, 1.165) is 17.5 Å². The van der Waals surface area contributed by atoms with Crippen LogP contribution >= 0.6 is 0 Å². The van der Waals surface area contributed by atoms with Gasteiger partial charge in [-0.3, -0.25) is 0 Å². The summed E-state index contributed by atoms with van der Waals surface area (Å²) in [5, 5.41) is 9.88. The summed E-state index contributed by atoms with van der Waals surface area (Å²) in [6, 6.07) is 44.3. The average molecular weight is 744 g/mol. The molecule has 0 aromatic heterocycles. The van der Waals surface area contributed by atoms with Crippen LogP contribution in [0.3, 0.4) is 0 Å². The first-order valence-corrected chi connectivity index (χ1v) is 9.76. The molecule has 1 unspecified atom stereocenters. The molecular formula is C28H24OW2. The van der Waals surface area contributed by atoms with E-state index in [4.69, 9.17) is 0 Å². The molecule has 1 nitrogen and oxygen atoms in total. The smallest absolute Gasteiger partial charge is 0.393 e. The van der Waals surface area contributed by atoms with Crippen molar-refractivity contribution >= 4 is 0 Å². The van der Waals surface area contributed by atoms with E-state index in [1.807, 2.05) is 84.9 Å². The van der Waals surface area contributed by atoms with Crippen LogP contribution in [-0.4, -0.2) is 11.2 Å². The first-order chi connectivity index (χ1) is 14.2. The fourth-order valence-electron chi connectivity index (χ4n) is 3.17. The van der Waals surface area contributed by atoms with Gasteiger partial charge in [0.25, 0.3) is 0 Å². The molecule has 0 radical (unpaired) electrons. The minimum atomic E-state index is -0.447. The molecule has 0 spiro atoms. The van der Waals surface area contributed by atoms with Gasteiger partial charge in [-0.15, -0.1) is 0 Å². The van der Waals surface area contributed by atoms with Gasteiger partial charge in [-0.25, -0.2) is 0 Å². The van der Waals surface area contributed by atoms with Crippen LogP contribution in [0.2, 0.25) is 0 Å². The van der Waals surface area contributed by atoms with Crippen molar-refractivity contribution in [1.82, 2.24) is 0 Å². The van der Waals surface area contributed by atoms with Gasteiger partial charge in [0, 0.05) is 0 Å². The number of rotatable bonds is 5. The predicted molar refractivity (Wildman–Crippen MR) is 117 cm³/mol. The van der Waals surface area contributed by atoms with Gasteiger partial charge >= 0.3 is 42.1 Å². The van der Waals surface area contributed by atoms with Crippen molar-refractivity contribution in [3.8, 4) is 0 Å². The Morgan fingerprint density at radius 1 is 0.613 bits per heavy atom. The summed E-state index contributed by atoms with van der Waals surface area (Å²) < 4.78 is 0. The van der Waals surface area contributed by atoms with Crippen LogP contribution in [-0.2, 0) is 48.6 Å². The second-order valence-corrected chi connectivity index (χ2v) is 6.81. The number of hydrogen-bond acceptors (Lipinski definition) is 1. The van der Waals surface area contributed by atoms with E-state index in [9.17, 15) is 5.11 Å². The molecule has 31 heavy (non-hydrogen) atoms. The van der Waals surface area contributed by atoms with Crippen molar-refractivity contribution in [2.45, 2.75) is 25.4 Å². The first kappa shape index (κ1) is 27.3. The second kappa shape index (κ2) is 15.1. The van der Waals surface area contributed by atoms with E-state index in [0.29, 0.717) is 0 Å². The molecular weight excluding hydrogens is 720 g/mol. The topological polar surface area (TPSA) is 20.2 Å². The van der Waals surface area contributed by atoms with Gasteiger partial charge in [-0.1, -0.05) is 0 Å². The predicted octanol–water partition coefficient (Wildman–Crippen LogP) is 5.67. The average Bonchev–Trinajstić information content (AvgIpc) is 2.77. The molecule has 1 N–H and O–H groups in total. The Morgan fingerprint density at radius 3 is 1.29 bits per heavy atom. The monoisotopic (exact) mass is 744 g/mol. The minimum Gasteiger partial charge on any atom is -0.393 e. The zero-order valence-electron chi connectivity index (χ0n) is 17.4. The van der Waals surface area contributed by atoms with Crippen LogP contribution in [0.25, 0.3) is 0 Å². The first-order valence-electron chi connectivity index (χ1n) is 9.76. The van der Waals surface area contributed by atoms with Crippen LogP contribution in [0, 0.1) is 24.3 Å². The minimum absolute atomic E-state index is 0. The Labute approximate surface area is 215 Å². The van der Waals surface area contributed by atoms with Crippen LogP contribution in [0.15, 0.2) is 97.1 Å². The van der Waals surface area contributed by atoms with Crippen molar-refractivity contribution in [3.63, 3.8) is 0 Å². The van der Waals surface area contributed by atoms with Crippen LogP contribution in [0.1, 0.15) is 35.1 Å². The van der Waals surface area contributed by atoms with E-state index in [1.165, 1.54) is 11.1 Å². The molecule has 0 aliphatic heterocycles. The van der Waals surface area contributed by atoms with E-state index < -0.39 is 6.10 Å². The Hall–Kier alpha value is -1.78. The summed E-state index contributed by atoms with van der Waals surface area (Å²) >= 11 is 0. The van der Waals surface area contributed by atoms with Gasteiger partial charge < -0.3 is 5.11 Å². The number of benzene rings is 4. The molecule has 0 amide bonds. The van der Waals surface area contributed by atoms with Crippen molar-refractivity contribution in [3.05, 3.63) is 144 Å². The quantitative estimate of drug-likeness (QED) is 0.262. The third-order valence-corrected chi connectivity index (χ3v) is 4.55. The molecule has 0 fully saturated rings. The fourth-order valence-corrected chi connectivity index (χ4v) is 3.17. The van der Waals surface area contributed by atoms with Gasteiger partial charge in [0.15, 0.2) is 0 Å². The molecule has 0 bridgehead atoms. The van der Waals surface area contributed by atoms with Gasteiger partial charge in [0.1, 0.15) is 0 Å². The molecule has 154 valence electrons. The van der Waals surface area contributed by atoms with Crippen molar-refractivity contribution in [2.75, 3.05) is 0 Å². The van der Waals surface area contributed by atoms with Crippen molar-refractivity contribution < 1.29 is 47.2 Å². The third kappa shape index (κ3) is 9.08. The maximum absolute atomic E-state index is 9.88. The fraction of sp³-hybridized carbons (Fsp3) is 0.143. The molecule has 0 saturated heterocycles. The zero-order valence-corrected chi connectivity index (χ0v) is 23.2. The summed E-state index contributed by atoms with van der Waals surface area (Å²) in [4.78, 5) is 0. The molecule has 0 aliphatic carbocycles. The van der Waals surface area contributed by atoms with Crippen LogP contribution in [0.5, 0.6) is 0 Å². The van der Waals surface area contributed by atoms with Crippen molar-refractivity contribution in [1.29, 1.82) is 0 Å². The van der Waals surface area contributed by atoms with Crippen molar-refractivity contribution in [2.24, 2.45) is 0 Å². The van der Waals surface area contributed by atoms with Gasteiger partial charge in [-0.05, 0) is 19.3 Å². The number of aliphatic hydroxyl groups excluding tert-OH is 1. The Balaban J connectivity index is 0.000000296. The summed E-state index contributed by atoms with van der Waals surface area (Å²) in [6.45, 7) is 1.80. The van der Waals surface area contributed by atoms with E-state index >= 15 is 0 Å². The summed E-state index contributed by atoms with van der Waals surface area (Å²) in [5.74, 6) is -0.0533. The van der Waals surface area contributed by atoms with Crippen LogP contribution < -0.4 is 0 Å². The SMILES string of the molecule is CC(O)C(c1[c-]cccc1)c1[c-]cccc1.[W+2].[W+2].[c-]1ccccc1Cc1[c-]cccc1. The largest absolute Gasteiger partial charge is 2.00 e. The van der Waals surface area contributed by atoms with E-state index in [1.54, 1.807) is 6.92 Å². The maximum atomic E-state index is 9.88. The Bertz CT molecular complexity index is 866. The molecule has 0 aliphatic rings. The van der Waals surface area contributed by atoms with Crippen LogP contribution in [0.4, 0.5) is 0 Å². The third-order valence-electron chi connectivity index (χ3n) is 4.55. The summed E-state index contributed by atoms with van der Waals surface area (Å²) in [6.07, 6.45) is 0.471. The summed E-state index contributed by atoms with van der Waals surface area (Å²) in [7, 11) is 0. The number of aliphatic hydroxyl groups is 1. The Morgan fingerprint density at radius 2 is 1.00 bits per heavy atom. The van der Waals surface area contributed by atoms with E-state index in [2.05, 4.69) is 36.4 Å². The van der Waals surface area contributed by atoms with Gasteiger partial charge in [0.05, 0.1) is 6.10 Å². The van der Waals surface area contributed by atoms with E-state index in [-0.39, 0.29) is 48.0 Å². The molecule has 1 atom stereocenters. The van der Waals surface area contributed by atoms with Gasteiger partial charge in [0.2, 0.25) is 0 Å². The molecule has 0 saturated carbocycles. The second-order valence-electron chi connectivity index (χ2n) is 6.81. The number of hydrogen-bond donors (Lipinski definition) is 1. The molecule has 3 heteroatoms. The standard InChI is InChI=1S/C15H14O.C13H10.2W/c1-12(16)15(13-8-4-2-5-9-13)14-10-6-3-7-11-14;1-3-7-12(8-4-1)11-13-9-5-2-6-10-13;;/h2-8,10,12,15-16H,1H3;1-7,9H,11H2;;/q2*-2;2*+2.